The second kappa shape index (κ2) is 4.84. The van der Waals surface area contributed by atoms with Crippen molar-refractivity contribution in [2.75, 3.05) is 18.2 Å². The minimum Gasteiger partial charge on any atom is -0.242 e. The summed E-state index contributed by atoms with van der Waals surface area (Å²) in [5.74, 6) is 5.92. The first-order valence-corrected chi connectivity index (χ1v) is 4.64. The summed E-state index contributed by atoms with van der Waals surface area (Å²) in [4.78, 5) is 0. The van der Waals surface area contributed by atoms with Crippen molar-refractivity contribution in [2.45, 2.75) is 13.8 Å². The Balaban J connectivity index is 2.72. The van der Waals surface area contributed by atoms with Gasteiger partial charge in [-0.25, -0.2) is 16.0 Å². The quantitative estimate of drug-likeness (QED) is 0.563. The number of hydrogen-bond acceptors (Lipinski definition) is 3. The first kappa shape index (κ1) is 10.0. The van der Waals surface area contributed by atoms with Gasteiger partial charge in [-0.05, 0) is 12.1 Å². The van der Waals surface area contributed by atoms with Crippen molar-refractivity contribution >= 4 is 5.69 Å². The molecule has 1 aromatic rings. The summed E-state index contributed by atoms with van der Waals surface area (Å²) < 4.78 is 0. The van der Waals surface area contributed by atoms with Gasteiger partial charge in [0.25, 0.3) is 0 Å². The summed E-state index contributed by atoms with van der Waals surface area (Å²) in [6, 6.07) is 9.95. The number of rotatable bonds is 4. The molecule has 0 fully saturated rings. The molecule has 0 aliphatic rings. The summed E-state index contributed by atoms with van der Waals surface area (Å²) in [6.07, 6.45) is 0. The van der Waals surface area contributed by atoms with Gasteiger partial charge in [0.2, 0.25) is 0 Å². The second-order valence-electron chi connectivity index (χ2n) is 2.82. The van der Waals surface area contributed by atoms with Crippen molar-refractivity contribution in [3.05, 3.63) is 30.3 Å². The maximum atomic E-state index is 5.92. The number of nitrogens with zero attached hydrogens (tertiary/aromatic N) is 2. The van der Waals surface area contributed by atoms with Crippen LogP contribution in [-0.4, -0.2) is 18.1 Å². The van der Waals surface area contributed by atoms with E-state index in [1.807, 2.05) is 30.3 Å². The highest BCUT2D eigenvalue weighted by molar-refractivity contribution is 5.42. The van der Waals surface area contributed by atoms with Gasteiger partial charge in [-0.15, -0.1) is 0 Å². The van der Waals surface area contributed by atoms with E-state index in [1.54, 1.807) is 5.12 Å². The van der Waals surface area contributed by atoms with Crippen LogP contribution in [0.15, 0.2) is 30.3 Å². The van der Waals surface area contributed by atoms with Gasteiger partial charge in [0.15, 0.2) is 0 Å². The Kier molecular flexibility index (Phi) is 3.73. The Hall–Kier alpha value is -1.06. The average Bonchev–Trinajstić information content (AvgIpc) is 2.21. The van der Waals surface area contributed by atoms with Crippen LogP contribution in [0, 0.1) is 0 Å². The molecule has 0 aromatic heterocycles. The fourth-order valence-corrected chi connectivity index (χ4v) is 1.27. The largest absolute Gasteiger partial charge is 0.242 e. The molecule has 0 bridgehead atoms. The van der Waals surface area contributed by atoms with Crippen LogP contribution in [0.25, 0.3) is 0 Å². The lowest BCUT2D eigenvalue weighted by Gasteiger charge is -2.30. The van der Waals surface area contributed by atoms with Gasteiger partial charge in [-0.3, -0.25) is 0 Å². The molecule has 0 radical (unpaired) electrons. The molecule has 13 heavy (non-hydrogen) atoms. The zero-order chi connectivity index (χ0) is 9.68. The Morgan fingerprint density at radius 3 is 2.08 bits per heavy atom. The van der Waals surface area contributed by atoms with Crippen molar-refractivity contribution < 1.29 is 0 Å². The number of hydrazine groups is 2. The summed E-state index contributed by atoms with van der Waals surface area (Å²) in [7, 11) is 0. The van der Waals surface area contributed by atoms with Gasteiger partial charge in [0.1, 0.15) is 0 Å². The van der Waals surface area contributed by atoms with Crippen LogP contribution >= 0.6 is 0 Å². The molecule has 0 aliphatic carbocycles. The molecule has 1 aromatic carbocycles. The Morgan fingerprint density at radius 2 is 1.62 bits per heavy atom. The van der Waals surface area contributed by atoms with E-state index < -0.39 is 0 Å². The molecule has 1 rings (SSSR count). The van der Waals surface area contributed by atoms with Crippen LogP contribution in [0.4, 0.5) is 5.69 Å². The number of nitrogens with two attached hydrogens (primary N) is 1. The lowest BCUT2D eigenvalue weighted by molar-refractivity contribution is 0.278. The van der Waals surface area contributed by atoms with Crippen molar-refractivity contribution in [1.29, 1.82) is 0 Å². The van der Waals surface area contributed by atoms with Gasteiger partial charge >= 0.3 is 0 Å². The average molecular weight is 179 g/mol. The Labute approximate surface area is 79.7 Å². The summed E-state index contributed by atoms with van der Waals surface area (Å²) in [6.45, 7) is 6.02. The molecule has 0 atom stereocenters. The third kappa shape index (κ3) is 2.44. The number of anilines is 1. The lowest BCUT2D eigenvalue weighted by Crippen LogP contribution is -2.47. The Morgan fingerprint density at radius 1 is 1.08 bits per heavy atom. The summed E-state index contributed by atoms with van der Waals surface area (Å²) >= 11 is 0. The predicted molar refractivity (Wildman–Crippen MR) is 56.0 cm³/mol. The van der Waals surface area contributed by atoms with Gasteiger partial charge < -0.3 is 0 Å². The third-order valence-electron chi connectivity index (χ3n) is 2.06. The molecule has 3 heteroatoms. The van der Waals surface area contributed by atoms with Crippen LogP contribution in [-0.2, 0) is 0 Å². The zero-order valence-corrected chi connectivity index (χ0v) is 8.27. The highest BCUT2D eigenvalue weighted by Gasteiger charge is 2.06. The SMILES string of the molecule is CCN(CC)N(N)c1ccccc1. The highest BCUT2D eigenvalue weighted by atomic mass is 15.7. The molecule has 0 unspecified atom stereocenters. The molecule has 0 amide bonds. The molecule has 0 aliphatic heterocycles. The number of hydrogen-bond donors (Lipinski definition) is 1. The minimum atomic E-state index is 0.919. The van der Waals surface area contributed by atoms with Crippen LogP contribution in [0.3, 0.4) is 0 Å². The molecule has 2 N–H and O–H groups in total. The van der Waals surface area contributed by atoms with E-state index in [1.165, 1.54) is 0 Å². The summed E-state index contributed by atoms with van der Waals surface area (Å²) in [5.41, 5.74) is 1.02. The summed E-state index contributed by atoms with van der Waals surface area (Å²) in [5, 5.41) is 3.76. The minimum absolute atomic E-state index is 0.919. The van der Waals surface area contributed by atoms with Gasteiger partial charge in [0, 0.05) is 13.1 Å². The van der Waals surface area contributed by atoms with Crippen LogP contribution in [0.1, 0.15) is 13.8 Å². The van der Waals surface area contributed by atoms with Crippen molar-refractivity contribution in [2.24, 2.45) is 5.84 Å². The van der Waals surface area contributed by atoms with E-state index in [0.29, 0.717) is 0 Å². The smallest absolute Gasteiger partial charge is 0.0702 e. The molecule has 0 spiro atoms. The van der Waals surface area contributed by atoms with E-state index in [2.05, 4.69) is 18.9 Å². The highest BCUT2D eigenvalue weighted by Crippen LogP contribution is 2.10. The fourth-order valence-electron chi connectivity index (χ4n) is 1.27. The van der Waals surface area contributed by atoms with E-state index in [4.69, 9.17) is 5.84 Å². The maximum absolute atomic E-state index is 5.92. The van der Waals surface area contributed by atoms with Gasteiger partial charge in [0.05, 0.1) is 5.69 Å². The monoisotopic (exact) mass is 179 g/mol. The molecular formula is C10H17N3. The molecule has 0 saturated heterocycles. The standard InChI is InChI=1S/C10H17N3/c1-3-12(4-2)13(11)10-8-6-5-7-9-10/h5-9H,3-4,11H2,1-2H3. The maximum Gasteiger partial charge on any atom is 0.0702 e. The molecule has 0 heterocycles. The van der Waals surface area contributed by atoms with Gasteiger partial charge in [-0.1, -0.05) is 32.0 Å². The number of benzene rings is 1. The fraction of sp³-hybridized carbons (Fsp3) is 0.400. The van der Waals surface area contributed by atoms with E-state index >= 15 is 0 Å². The lowest BCUT2D eigenvalue weighted by atomic mass is 10.3. The molecular weight excluding hydrogens is 162 g/mol. The van der Waals surface area contributed by atoms with Crippen molar-refractivity contribution in [3.63, 3.8) is 0 Å². The first-order chi connectivity index (χ1) is 6.29. The van der Waals surface area contributed by atoms with Gasteiger partial charge in [-0.2, -0.15) is 0 Å². The van der Waals surface area contributed by atoms with E-state index in [9.17, 15) is 0 Å². The second-order valence-corrected chi connectivity index (χ2v) is 2.82. The van der Waals surface area contributed by atoms with Crippen molar-refractivity contribution in [3.8, 4) is 0 Å². The third-order valence-corrected chi connectivity index (χ3v) is 2.06. The van der Waals surface area contributed by atoms with Crippen LogP contribution in [0.2, 0.25) is 0 Å². The number of para-hydroxylation sites is 1. The van der Waals surface area contributed by atoms with Crippen LogP contribution in [0.5, 0.6) is 0 Å². The van der Waals surface area contributed by atoms with E-state index in [0.717, 1.165) is 18.8 Å². The molecule has 3 nitrogen and oxygen atoms in total. The normalized spacial score (nSPS) is 10.5. The molecule has 0 saturated carbocycles. The van der Waals surface area contributed by atoms with Crippen LogP contribution < -0.4 is 11.0 Å². The topological polar surface area (TPSA) is 32.5 Å². The zero-order valence-electron chi connectivity index (χ0n) is 8.27. The molecule has 72 valence electrons. The Bertz CT molecular complexity index is 231. The predicted octanol–water partition coefficient (Wildman–Crippen LogP) is 1.62. The van der Waals surface area contributed by atoms with Crippen molar-refractivity contribution in [1.82, 2.24) is 5.01 Å². The first-order valence-electron chi connectivity index (χ1n) is 4.64. The van der Waals surface area contributed by atoms with E-state index in [-0.39, 0.29) is 0 Å².